The Kier molecular flexibility index (Phi) is 2.08. The van der Waals surface area contributed by atoms with E-state index in [0.717, 1.165) is 6.54 Å². The summed E-state index contributed by atoms with van der Waals surface area (Å²) in [5.74, 6) is 5.23. The van der Waals surface area contributed by atoms with Gasteiger partial charge in [0.25, 0.3) is 0 Å². The second kappa shape index (κ2) is 3.23. The Morgan fingerprint density at radius 2 is 2.25 bits per heavy atom. The first-order valence-corrected chi connectivity index (χ1v) is 4.68. The smallest absolute Gasteiger partial charge is 0.0348 e. The SMILES string of the molecule is NNCc1ccc2sccc2c1. The third-order valence-corrected chi connectivity index (χ3v) is 2.72. The zero-order chi connectivity index (χ0) is 8.39. The van der Waals surface area contributed by atoms with Crippen molar-refractivity contribution in [1.82, 2.24) is 5.43 Å². The van der Waals surface area contributed by atoms with Gasteiger partial charge in [-0.1, -0.05) is 6.07 Å². The first-order valence-electron chi connectivity index (χ1n) is 3.80. The zero-order valence-corrected chi connectivity index (χ0v) is 7.40. The highest BCUT2D eigenvalue weighted by Crippen LogP contribution is 2.21. The van der Waals surface area contributed by atoms with Crippen molar-refractivity contribution in [2.45, 2.75) is 6.54 Å². The van der Waals surface area contributed by atoms with Crippen LogP contribution in [0.1, 0.15) is 5.56 Å². The number of hydrazine groups is 1. The molecule has 1 aromatic carbocycles. The quantitative estimate of drug-likeness (QED) is 0.544. The van der Waals surface area contributed by atoms with Gasteiger partial charge in [-0.3, -0.25) is 11.3 Å². The summed E-state index contributed by atoms with van der Waals surface area (Å²) in [6.45, 7) is 0.728. The van der Waals surface area contributed by atoms with E-state index in [4.69, 9.17) is 5.84 Å². The normalized spacial score (nSPS) is 10.8. The summed E-state index contributed by atoms with van der Waals surface area (Å²) in [7, 11) is 0. The zero-order valence-electron chi connectivity index (χ0n) is 6.58. The van der Waals surface area contributed by atoms with Crippen molar-refractivity contribution in [3.63, 3.8) is 0 Å². The Bertz CT molecular complexity index is 381. The Balaban J connectivity index is 2.46. The molecule has 3 heteroatoms. The van der Waals surface area contributed by atoms with E-state index < -0.39 is 0 Å². The van der Waals surface area contributed by atoms with E-state index in [-0.39, 0.29) is 0 Å². The average molecular weight is 178 g/mol. The number of nitrogens with one attached hydrogen (secondary N) is 1. The van der Waals surface area contributed by atoms with Crippen molar-refractivity contribution in [3.8, 4) is 0 Å². The third-order valence-electron chi connectivity index (χ3n) is 1.82. The molecule has 0 saturated heterocycles. The van der Waals surface area contributed by atoms with Gasteiger partial charge < -0.3 is 0 Å². The highest BCUT2D eigenvalue weighted by atomic mass is 32.1. The maximum Gasteiger partial charge on any atom is 0.0348 e. The minimum Gasteiger partial charge on any atom is -0.271 e. The molecular formula is C9H10N2S. The van der Waals surface area contributed by atoms with Crippen LogP contribution < -0.4 is 11.3 Å². The van der Waals surface area contributed by atoms with E-state index in [1.165, 1.54) is 15.6 Å². The van der Waals surface area contributed by atoms with Crippen molar-refractivity contribution in [2.24, 2.45) is 5.84 Å². The van der Waals surface area contributed by atoms with E-state index in [1.807, 2.05) is 0 Å². The van der Waals surface area contributed by atoms with Gasteiger partial charge in [-0.25, -0.2) is 0 Å². The van der Waals surface area contributed by atoms with Crippen LogP contribution >= 0.6 is 11.3 Å². The molecular weight excluding hydrogens is 168 g/mol. The van der Waals surface area contributed by atoms with Gasteiger partial charge >= 0.3 is 0 Å². The average Bonchev–Trinajstić information content (AvgIpc) is 2.51. The number of nitrogens with two attached hydrogens (primary N) is 1. The molecule has 2 aromatic rings. The predicted octanol–water partition coefficient (Wildman–Crippen LogP) is 1.86. The van der Waals surface area contributed by atoms with Crippen molar-refractivity contribution < 1.29 is 0 Å². The fraction of sp³-hybridized carbons (Fsp3) is 0.111. The van der Waals surface area contributed by atoms with Crippen molar-refractivity contribution in [2.75, 3.05) is 0 Å². The lowest BCUT2D eigenvalue weighted by atomic mass is 10.2. The second-order valence-electron chi connectivity index (χ2n) is 2.67. The van der Waals surface area contributed by atoms with Crippen LogP contribution in [0.3, 0.4) is 0 Å². The predicted molar refractivity (Wildman–Crippen MR) is 52.9 cm³/mol. The highest BCUT2D eigenvalue weighted by molar-refractivity contribution is 7.17. The molecule has 0 radical (unpaired) electrons. The van der Waals surface area contributed by atoms with E-state index in [9.17, 15) is 0 Å². The lowest BCUT2D eigenvalue weighted by molar-refractivity contribution is 0.742. The minimum absolute atomic E-state index is 0.728. The Morgan fingerprint density at radius 3 is 3.08 bits per heavy atom. The van der Waals surface area contributed by atoms with Crippen LogP contribution in [0.25, 0.3) is 10.1 Å². The maximum atomic E-state index is 5.23. The molecule has 3 N–H and O–H groups in total. The van der Waals surface area contributed by atoms with Gasteiger partial charge in [0.2, 0.25) is 0 Å². The summed E-state index contributed by atoms with van der Waals surface area (Å²) in [6.07, 6.45) is 0. The molecule has 2 rings (SSSR count). The summed E-state index contributed by atoms with van der Waals surface area (Å²) >= 11 is 1.76. The van der Waals surface area contributed by atoms with Crippen LogP contribution in [-0.4, -0.2) is 0 Å². The maximum absolute atomic E-state index is 5.23. The number of fused-ring (bicyclic) bond motifs is 1. The molecule has 12 heavy (non-hydrogen) atoms. The lowest BCUT2D eigenvalue weighted by Crippen LogP contribution is -2.20. The summed E-state index contributed by atoms with van der Waals surface area (Å²) in [6, 6.07) is 8.51. The largest absolute Gasteiger partial charge is 0.271 e. The fourth-order valence-electron chi connectivity index (χ4n) is 1.24. The van der Waals surface area contributed by atoms with Gasteiger partial charge in [0.1, 0.15) is 0 Å². The molecule has 0 aliphatic heterocycles. The summed E-state index contributed by atoms with van der Waals surface area (Å²) in [5.41, 5.74) is 3.87. The van der Waals surface area contributed by atoms with Crippen LogP contribution in [0.4, 0.5) is 0 Å². The fourth-order valence-corrected chi connectivity index (χ4v) is 2.01. The Morgan fingerprint density at radius 1 is 1.33 bits per heavy atom. The first kappa shape index (κ1) is 7.73. The summed E-state index contributed by atoms with van der Waals surface area (Å²) in [5, 5.41) is 3.40. The van der Waals surface area contributed by atoms with Crippen LogP contribution in [0, 0.1) is 0 Å². The van der Waals surface area contributed by atoms with Crippen molar-refractivity contribution in [3.05, 3.63) is 35.2 Å². The van der Waals surface area contributed by atoms with E-state index in [2.05, 4.69) is 35.1 Å². The monoisotopic (exact) mass is 178 g/mol. The molecule has 2 nitrogen and oxygen atoms in total. The van der Waals surface area contributed by atoms with Crippen LogP contribution in [0.2, 0.25) is 0 Å². The molecule has 62 valence electrons. The first-order chi connectivity index (χ1) is 5.90. The van der Waals surface area contributed by atoms with Gasteiger partial charge in [0, 0.05) is 11.2 Å². The van der Waals surface area contributed by atoms with Crippen molar-refractivity contribution >= 4 is 21.4 Å². The summed E-state index contributed by atoms with van der Waals surface area (Å²) in [4.78, 5) is 0. The van der Waals surface area contributed by atoms with E-state index in [1.54, 1.807) is 11.3 Å². The molecule has 0 unspecified atom stereocenters. The van der Waals surface area contributed by atoms with Gasteiger partial charge in [0.15, 0.2) is 0 Å². The molecule has 0 spiro atoms. The Labute approximate surface area is 75.0 Å². The number of thiophene rings is 1. The highest BCUT2D eigenvalue weighted by Gasteiger charge is 1.95. The van der Waals surface area contributed by atoms with Crippen LogP contribution in [0.5, 0.6) is 0 Å². The van der Waals surface area contributed by atoms with E-state index >= 15 is 0 Å². The standard InChI is InChI=1S/C9H10N2S/c10-11-6-7-1-2-9-8(5-7)3-4-12-9/h1-5,11H,6,10H2. The van der Waals surface area contributed by atoms with Crippen molar-refractivity contribution in [1.29, 1.82) is 0 Å². The molecule has 0 saturated carbocycles. The minimum atomic E-state index is 0.728. The molecule has 0 atom stereocenters. The number of hydrogen-bond acceptors (Lipinski definition) is 3. The van der Waals surface area contributed by atoms with E-state index in [0.29, 0.717) is 0 Å². The van der Waals surface area contributed by atoms with Crippen LogP contribution in [-0.2, 0) is 6.54 Å². The molecule has 0 bridgehead atoms. The number of hydrogen-bond donors (Lipinski definition) is 2. The van der Waals surface area contributed by atoms with Gasteiger partial charge in [-0.2, -0.15) is 0 Å². The molecule has 0 fully saturated rings. The second-order valence-corrected chi connectivity index (χ2v) is 3.62. The third kappa shape index (κ3) is 1.34. The molecule has 0 amide bonds. The van der Waals surface area contributed by atoms with Gasteiger partial charge in [-0.05, 0) is 34.5 Å². The molecule has 1 aromatic heterocycles. The summed E-state index contributed by atoms with van der Waals surface area (Å²) < 4.78 is 1.33. The number of rotatable bonds is 2. The van der Waals surface area contributed by atoms with Gasteiger partial charge in [0.05, 0.1) is 0 Å². The lowest BCUT2D eigenvalue weighted by Gasteiger charge is -1.98. The number of benzene rings is 1. The Hall–Kier alpha value is -0.900. The molecule has 0 aliphatic carbocycles. The topological polar surface area (TPSA) is 38.0 Å². The molecule has 1 heterocycles. The van der Waals surface area contributed by atoms with Crippen LogP contribution in [0.15, 0.2) is 29.6 Å². The van der Waals surface area contributed by atoms with Gasteiger partial charge in [-0.15, -0.1) is 11.3 Å². The molecule has 0 aliphatic rings.